The number of nitrogens with one attached hydrogen (secondary N) is 2. The van der Waals surface area contributed by atoms with E-state index in [4.69, 9.17) is 5.11 Å². The highest BCUT2D eigenvalue weighted by Crippen LogP contribution is 2.08. The molecule has 16 heavy (non-hydrogen) atoms. The standard InChI is InChI=1S/C10H18N2O3S/c1-16-3-2-8(10(14)15)12-9(13)4-7-5-11-6-7/h7-8,11H,2-6H2,1H3,(H,12,13)(H,14,15)/t8-/m1/s1. The van der Waals surface area contributed by atoms with Crippen LogP contribution in [0.1, 0.15) is 12.8 Å². The number of hydrogen-bond donors (Lipinski definition) is 3. The minimum Gasteiger partial charge on any atom is -0.480 e. The van der Waals surface area contributed by atoms with Gasteiger partial charge in [0, 0.05) is 6.42 Å². The van der Waals surface area contributed by atoms with Crippen LogP contribution in [0.3, 0.4) is 0 Å². The van der Waals surface area contributed by atoms with Crippen molar-refractivity contribution >= 4 is 23.6 Å². The Kier molecular flexibility index (Phi) is 5.62. The van der Waals surface area contributed by atoms with Gasteiger partial charge >= 0.3 is 5.97 Å². The largest absolute Gasteiger partial charge is 0.480 e. The Bertz CT molecular complexity index is 256. The van der Waals surface area contributed by atoms with Crippen LogP contribution < -0.4 is 10.6 Å². The Morgan fingerprint density at radius 2 is 2.25 bits per heavy atom. The molecule has 1 saturated heterocycles. The lowest BCUT2D eigenvalue weighted by Crippen LogP contribution is -2.47. The molecule has 0 bridgehead atoms. The first kappa shape index (κ1) is 13.3. The van der Waals surface area contributed by atoms with Gasteiger partial charge in [0.05, 0.1) is 0 Å². The molecule has 6 heteroatoms. The van der Waals surface area contributed by atoms with Gasteiger partial charge in [0.15, 0.2) is 0 Å². The molecule has 1 atom stereocenters. The lowest BCUT2D eigenvalue weighted by Gasteiger charge is -2.26. The van der Waals surface area contributed by atoms with Crippen molar-refractivity contribution in [1.29, 1.82) is 0 Å². The Morgan fingerprint density at radius 3 is 2.69 bits per heavy atom. The molecule has 0 unspecified atom stereocenters. The smallest absolute Gasteiger partial charge is 0.326 e. The first-order chi connectivity index (χ1) is 7.63. The average Bonchev–Trinajstić information content (AvgIpc) is 2.18. The second kappa shape index (κ2) is 6.75. The lowest BCUT2D eigenvalue weighted by molar-refractivity contribution is -0.142. The molecule has 0 aromatic carbocycles. The van der Waals surface area contributed by atoms with E-state index in [0.717, 1.165) is 18.8 Å². The number of carboxylic acid groups (broad SMARTS) is 1. The Hall–Kier alpha value is -0.750. The molecule has 1 aliphatic rings. The van der Waals surface area contributed by atoms with Crippen LogP contribution in [0.25, 0.3) is 0 Å². The van der Waals surface area contributed by atoms with E-state index in [1.165, 1.54) is 0 Å². The summed E-state index contributed by atoms with van der Waals surface area (Å²) in [6, 6.07) is -0.743. The maximum absolute atomic E-state index is 11.5. The summed E-state index contributed by atoms with van der Waals surface area (Å²) < 4.78 is 0. The number of carbonyl (C=O) groups is 2. The summed E-state index contributed by atoms with van der Waals surface area (Å²) in [7, 11) is 0. The maximum atomic E-state index is 11.5. The molecule has 1 aliphatic heterocycles. The van der Waals surface area contributed by atoms with Crippen molar-refractivity contribution in [2.45, 2.75) is 18.9 Å². The molecular weight excluding hydrogens is 228 g/mol. The zero-order chi connectivity index (χ0) is 12.0. The van der Waals surface area contributed by atoms with E-state index in [2.05, 4.69) is 10.6 Å². The van der Waals surface area contributed by atoms with Gasteiger partial charge in [0.2, 0.25) is 5.91 Å². The van der Waals surface area contributed by atoms with Gasteiger partial charge in [-0.05, 0) is 37.4 Å². The number of thioether (sulfide) groups is 1. The van der Waals surface area contributed by atoms with E-state index >= 15 is 0 Å². The van der Waals surface area contributed by atoms with Gasteiger partial charge < -0.3 is 15.7 Å². The van der Waals surface area contributed by atoms with E-state index in [9.17, 15) is 9.59 Å². The van der Waals surface area contributed by atoms with E-state index in [1.807, 2.05) is 6.26 Å². The van der Waals surface area contributed by atoms with Gasteiger partial charge in [-0.2, -0.15) is 11.8 Å². The summed E-state index contributed by atoms with van der Waals surface area (Å²) in [6.45, 7) is 1.71. The molecule has 1 fully saturated rings. The van der Waals surface area contributed by atoms with Gasteiger partial charge in [-0.15, -0.1) is 0 Å². The van der Waals surface area contributed by atoms with Gasteiger partial charge in [0.1, 0.15) is 6.04 Å². The van der Waals surface area contributed by atoms with Crippen LogP contribution in [0, 0.1) is 5.92 Å². The summed E-state index contributed by atoms with van der Waals surface area (Å²) in [4.78, 5) is 22.4. The van der Waals surface area contributed by atoms with Crippen LogP contribution >= 0.6 is 11.8 Å². The van der Waals surface area contributed by atoms with Crippen molar-refractivity contribution in [3.63, 3.8) is 0 Å². The van der Waals surface area contributed by atoms with Crippen LogP contribution in [0.5, 0.6) is 0 Å². The molecule has 1 rings (SSSR count). The highest BCUT2D eigenvalue weighted by molar-refractivity contribution is 7.98. The van der Waals surface area contributed by atoms with E-state index in [0.29, 0.717) is 18.8 Å². The third kappa shape index (κ3) is 4.40. The molecule has 1 amide bonds. The predicted molar refractivity (Wildman–Crippen MR) is 63.5 cm³/mol. The van der Waals surface area contributed by atoms with Crippen molar-refractivity contribution in [1.82, 2.24) is 10.6 Å². The lowest BCUT2D eigenvalue weighted by atomic mass is 9.99. The second-order valence-electron chi connectivity index (χ2n) is 3.97. The Balaban J connectivity index is 2.28. The maximum Gasteiger partial charge on any atom is 0.326 e. The van der Waals surface area contributed by atoms with Crippen LogP contribution in [0.2, 0.25) is 0 Å². The highest BCUT2D eigenvalue weighted by atomic mass is 32.2. The van der Waals surface area contributed by atoms with E-state index in [1.54, 1.807) is 11.8 Å². The number of carboxylic acids is 1. The molecule has 3 N–H and O–H groups in total. The second-order valence-corrected chi connectivity index (χ2v) is 4.95. The van der Waals surface area contributed by atoms with Crippen molar-refractivity contribution in [2.24, 2.45) is 5.92 Å². The zero-order valence-electron chi connectivity index (χ0n) is 9.36. The van der Waals surface area contributed by atoms with Crippen LogP contribution in [0.4, 0.5) is 0 Å². The van der Waals surface area contributed by atoms with Crippen molar-refractivity contribution in [2.75, 3.05) is 25.1 Å². The first-order valence-electron chi connectivity index (χ1n) is 5.35. The fourth-order valence-electron chi connectivity index (χ4n) is 1.50. The van der Waals surface area contributed by atoms with Gasteiger partial charge in [-0.25, -0.2) is 4.79 Å². The Labute approximate surface area is 99.4 Å². The summed E-state index contributed by atoms with van der Waals surface area (Å²) in [6.07, 6.45) is 2.82. The normalized spacial score (nSPS) is 17.6. The molecule has 0 aromatic rings. The molecular formula is C10H18N2O3S. The van der Waals surface area contributed by atoms with Crippen LogP contribution in [0.15, 0.2) is 0 Å². The fraction of sp³-hybridized carbons (Fsp3) is 0.800. The number of hydrogen-bond acceptors (Lipinski definition) is 4. The summed E-state index contributed by atoms with van der Waals surface area (Å²) in [5, 5.41) is 14.6. The number of carbonyl (C=O) groups excluding carboxylic acids is 1. The van der Waals surface area contributed by atoms with E-state index < -0.39 is 12.0 Å². The number of rotatable bonds is 7. The van der Waals surface area contributed by atoms with Gasteiger partial charge in [0.25, 0.3) is 0 Å². The van der Waals surface area contributed by atoms with Crippen molar-refractivity contribution in [3.05, 3.63) is 0 Å². The molecule has 92 valence electrons. The number of amides is 1. The first-order valence-corrected chi connectivity index (χ1v) is 6.74. The van der Waals surface area contributed by atoms with Crippen molar-refractivity contribution in [3.8, 4) is 0 Å². The summed E-state index contributed by atoms with van der Waals surface area (Å²) >= 11 is 1.58. The quantitative estimate of drug-likeness (QED) is 0.585. The van der Waals surface area contributed by atoms with Crippen LogP contribution in [-0.4, -0.2) is 48.1 Å². The molecule has 1 heterocycles. The third-order valence-electron chi connectivity index (χ3n) is 2.58. The predicted octanol–water partition coefficient (Wildman–Crippen LogP) is -0.0816. The topological polar surface area (TPSA) is 78.4 Å². The molecule has 0 saturated carbocycles. The SMILES string of the molecule is CSCC[C@@H](NC(=O)CC1CNC1)C(=O)O. The molecule has 0 aromatic heterocycles. The monoisotopic (exact) mass is 246 g/mol. The fourth-order valence-corrected chi connectivity index (χ4v) is 1.97. The molecule has 5 nitrogen and oxygen atoms in total. The zero-order valence-corrected chi connectivity index (χ0v) is 10.2. The Morgan fingerprint density at radius 1 is 1.56 bits per heavy atom. The highest BCUT2D eigenvalue weighted by Gasteiger charge is 2.24. The van der Waals surface area contributed by atoms with Crippen molar-refractivity contribution < 1.29 is 14.7 Å². The average molecular weight is 246 g/mol. The minimum absolute atomic E-state index is 0.153. The number of aliphatic carboxylic acids is 1. The van der Waals surface area contributed by atoms with Gasteiger partial charge in [-0.3, -0.25) is 4.79 Å². The van der Waals surface area contributed by atoms with Crippen LogP contribution in [-0.2, 0) is 9.59 Å². The molecule has 0 spiro atoms. The third-order valence-corrected chi connectivity index (χ3v) is 3.23. The molecule has 0 aliphatic carbocycles. The summed E-state index contributed by atoms with van der Waals surface area (Å²) in [5.41, 5.74) is 0. The molecule has 0 radical (unpaired) electrons. The minimum atomic E-state index is -0.950. The van der Waals surface area contributed by atoms with E-state index in [-0.39, 0.29) is 5.91 Å². The van der Waals surface area contributed by atoms with Gasteiger partial charge in [-0.1, -0.05) is 0 Å². The summed E-state index contributed by atoms with van der Waals surface area (Å²) in [5.74, 6) is 0.00604.